The summed E-state index contributed by atoms with van der Waals surface area (Å²) in [4.78, 5) is 23.7. The van der Waals surface area contributed by atoms with Gasteiger partial charge in [0, 0.05) is 12.3 Å². The number of H-pyrrole nitrogens is 1. The molecule has 1 unspecified atom stereocenters. The van der Waals surface area contributed by atoms with Crippen molar-refractivity contribution >= 4 is 12.1 Å². The van der Waals surface area contributed by atoms with Gasteiger partial charge in [-0.15, -0.1) is 10.2 Å². The third kappa shape index (κ3) is 3.93. The number of amides is 1. The fraction of sp³-hybridized carbons (Fsp3) is 0.250. The SMILES string of the molecule is O=C(NC(CCc1nn[nH]n1)C(=O)O)OCC1c2ccccc2-c2ccccc21. The maximum atomic E-state index is 12.3. The number of nitrogens with zero attached hydrogens (tertiary/aromatic N) is 3. The van der Waals surface area contributed by atoms with E-state index >= 15 is 0 Å². The third-order valence-electron chi connectivity index (χ3n) is 4.98. The first-order valence-electron chi connectivity index (χ1n) is 9.20. The maximum absolute atomic E-state index is 12.3. The number of aromatic amines is 1. The molecule has 3 N–H and O–H groups in total. The number of carbonyl (C=O) groups excluding carboxylic acids is 1. The largest absolute Gasteiger partial charge is 0.480 e. The van der Waals surface area contributed by atoms with Crippen molar-refractivity contribution in [2.75, 3.05) is 6.61 Å². The number of tetrazole rings is 1. The molecule has 0 radical (unpaired) electrons. The van der Waals surface area contributed by atoms with Gasteiger partial charge in [0.15, 0.2) is 5.82 Å². The zero-order chi connectivity index (χ0) is 20.2. The molecule has 2 aromatic carbocycles. The molecule has 9 heteroatoms. The number of aryl methyl sites for hydroxylation is 1. The fourth-order valence-electron chi connectivity index (χ4n) is 3.60. The summed E-state index contributed by atoms with van der Waals surface area (Å²) in [5.41, 5.74) is 4.43. The number of nitrogens with one attached hydrogen (secondary N) is 2. The Morgan fingerprint density at radius 3 is 2.34 bits per heavy atom. The summed E-state index contributed by atoms with van der Waals surface area (Å²) in [6.45, 7) is 0.122. The second kappa shape index (κ2) is 8.09. The van der Waals surface area contributed by atoms with Crippen LogP contribution in [0.5, 0.6) is 0 Å². The molecule has 0 spiro atoms. The molecule has 0 saturated heterocycles. The number of hydrogen-bond acceptors (Lipinski definition) is 6. The number of rotatable bonds is 7. The smallest absolute Gasteiger partial charge is 0.407 e. The van der Waals surface area contributed by atoms with Gasteiger partial charge in [0.05, 0.1) is 0 Å². The van der Waals surface area contributed by atoms with Gasteiger partial charge in [-0.25, -0.2) is 9.59 Å². The van der Waals surface area contributed by atoms with Gasteiger partial charge in [0.2, 0.25) is 0 Å². The molecular formula is C20H19N5O4. The lowest BCUT2D eigenvalue weighted by Gasteiger charge is -2.17. The first-order chi connectivity index (χ1) is 14.1. The zero-order valence-electron chi connectivity index (χ0n) is 15.4. The van der Waals surface area contributed by atoms with Gasteiger partial charge in [-0.2, -0.15) is 5.21 Å². The Hall–Kier alpha value is -3.75. The molecule has 1 aliphatic carbocycles. The standard InChI is InChI=1S/C20H19N5O4/c26-19(27)17(9-10-18-22-24-25-23-18)21-20(28)29-11-16-14-7-3-1-5-12(14)13-6-2-4-8-15(13)16/h1-8,16-17H,9-11H2,(H,21,28)(H,26,27)(H,22,23,24,25). The first-order valence-corrected chi connectivity index (χ1v) is 9.20. The highest BCUT2D eigenvalue weighted by Gasteiger charge is 2.29. The van der Waals surface area contributed by atoms with Gasteiger partial charge in [-0.3, -0.25) is 0 Å². The summed E-state index contributed by atoms with van der Waals surface area (Å²) in [5.74, 6) is -0.858. The summed E-state index contributed by atoms with van der Waals surface area (Å²) >= 11 is 0. The van der Waals surface area contributed by atoms with Crippen molar-refractivity contribution in [3.05, 3.63) is 65.5 Å². The molecule has 4 rings (SSSR count). The monoisotopic (exact) mass is 393 g/mol. The molecule has 1 heterocycles. The molecular weight excluding hydrogens is 374 g/mol. The van der Waals surface area contributed by atoms with Crippen LogP contribution in [0.2, 0.25) is 0 Å². The molecule has 1 atom stereocenters. The van der Waals surface area contributed by atoms with Gasteiger partial charge in [-0.05, 0) is 28.7 Å². The highest BCUT2D eigenvalue weighted by atomic mass is 16.5. The summed E-state index contributed by atoms with van der Waals surface area (Å²) in [6.07, 6.45) is -0.386. The van der Waals surface area contributed by atoms with Crippen LogP contribution in [-0.2, 0) is 16.0 Å². The fourth-order valence-corrected chi connectivity index (χ4v) is 3.60. The first kappa shape index (κ1) is 18.6. The number of alkyl carbamates (subject to hydrolysis) is 1. The van der Waals surface area contributed by atoms with Gasteiger partial charge in [-0.1, -0.05) is 53.7 Å². The minimum Gasteiger partial charge on any atom is -0.480 e. The number of fused-ring (bicyclic) bond motifs is 3. The van der Waals surface area contributed by atoms with Crippen LogP contribution in [0.3, 0.4) is 0 Å². The van der Waals surface area contributed by atoms with E-state index < -0.39 is 18.1 Å². The van der Waals surface area contributed by atoms with Crippen molar-refractivity contribution < 1.29 is 19.4 Å². The Morgan fingerprint density at radius 1 is 1.10 bits per heavy atom. The van der Waals surface area contributed by atoms with Gasteiger partial charge in [0.25, 0.3) is 0 Å². The van der Waals surface area contributed by atoms with E-state index in [-0.39, 0.29) is 25.4 Å². The molecule has 29 heavy (non-hydrogen) atoms. The van der Waals surface area contributed by atoms with Crippen LogP contribution in [-0.4, -0.2) is 50.4 Å². The highest BCUT2D eigenvalue weighted by molar-refractivity contribution is 5.81. The van der Waals surface area contributed by atoms with Gasteiger partial charge >= 0.3 is 12.1 Å². The molecule has 1 aromatic heterocycles. The normalized spacial score (nSPS) is 13.4. The predicted molar refractivity (Wildman–Crippen MR) is 102 cm³/mol. The molecule has 1 aliphatic rings. The summed E-state index contributed by atoms with van der Waals surface area (Å²) in [5, 5.41) is 25.0. The lowest BCUT2D eigenvalue weighted by molar-refractivity contribution is -0.139. The number of aromatic nitrogens is 4. The van der Waals surface area contributed by atoms with Gasteiger partial charge in [0.1, 0.15) is 12.6 Å². The minimum atomic E-state index is -1.15. The summed E-state index contributed by atoms with van der Waals surface area (Å²) in [6, 6.07) is 14.9. The molecule has 9 nitrogen and oxygen atoms in total. The van der Waals surface area contributed by atoms with Crippen molar-refractivity contribution in [3.63, 3.8) is 0 Å². The Bertz CT molecular complexity index is 976. The Labute approximate surface area is 166 Å². The average molecular weight is 393 g/mol. The van der Waals surface area contributed by atoms with E-state index in [9.17, 15) is 14.7 Å². The highest BCUT2D eigenvalue weighted by Crippen LogP contribution is 2.44. The number of aliphatic carboxylic acids is 1. The van der Waals surface area contributed by atoms with Crippen molar-refractivity contribution in [2.24, 2.45) is 0 Å². The van der Waals surface area contributed by atoms with Crippen molar-refractivity contribution in [3.8, 4) is 11.1 Å². The van der Waals surface area contributed by atoms with Gasteiger partial charge < -0.3 is 15.2 Å². The molecule has 148 valence electrons. The van der Waals surface area contributed by atoms with E-state index in [0.29, 0.717) is 5.82 Å². The average Bonchev–Trinajstić information content (AvgIpc) is 3.35. The van der Waals surface area contributed by atoms with Crippen LogP contribution in [0, 0.1) is 0 Å². The van der Waals surface area contributed by atoms with Crippen LogP contribution < -0.4 is 5.32 Å². The van der Waals surface area contributed by atoms with E-state index in [0.717, 1.165) is 22.3 Å². The number of carbonyl (C=O) groups is 2. The topological polar surface area (TPSA) is 130 Å². The van der Waals surface area contributed by atoms with Crippen LogP contribution >= 0.6 is 0 Å². The second-order valence-electron chi connectivity index (χ2n) is 6.73. The number of benzene rings is 2. The van der Waals surface area contributed by atoms with E-state index in [1.807, 2.05) is 48.5 Å². The van der Waals surface area contributed by atoms with Crippen LogP contribution in [0.15, 0.2) is 48.5 Å². The molecule has 0 saturated carbocycles. The van der Waals surface area contributed by atoms with Crippen LogP contribution in [0.25, 0.3) is 11.1 Å². The summed E-state index contributed by atoms with van der Waals surface area (Å²) in [7, 11) is 0. The Kier molecular flexibility index (Phi) is 5.19. The van der Waals surface area contributed by atoms with Crippen molar-refractivity contribution in [1.82, 2.24) is 25.9 Å². The number of carboxylic acid groups (broad SMARTS) is 1. The van der Waals surface area contributed by atoms with E-state index in [1.54, 1.807) is 0 Å². The number of carboxylic acids is 1. The Balaban J connectivity index is 1.39. The molecule has 0 fully saturated rings. The van der Waals surface area contributed by atoms with E-state index in [4.69, 9.17) is 4.74 Å². The summed E-state index contributed by atoms with van der Waals surface area (Å²) < 4.78 is 5.39. The lowest BCUT2D eigenvalue weighted by Crippen LogP contribution is -2.41. The quantitative estimate of drug-likeness (QED) is 0.560. The minimum absolute atomic E-state index is 0.0873. The molecule has 0 bridgehead atoms. The Morgan fingerprint density at radius 2 is 1.76 bits per heavy atom. The van der Waals surface area contributed by atoms with E-state index in [2.05, 4.69) is 25.9 Å². The number of hydrogen-bond donors (Lipinski definition) is 3. The van der Waals surface area contributed by atoms with Crippen LogP contribution in [0.1, 0.15) is 29.3 Å². The van der Waals surface area contributed by atoms with Crippen molar-refractivity contribution in [1.29, 1.82) is 0 Å². The van der Waals surface area contributed by atoms with Crippen LogP contribution in [0.4, 0.5) is 4.79 Å². The molecule has 3 aromatic rings. The van der Waals surface area contributed by atoms with E-state index in [1.165, 1.54) is 0 Å². The third-order valence-corrected chi connectivity index (χ3v) is 4.98. The number of ether oxygens (including phenoxy) is 1. The molecule has 0 aliphatic heterocycles. The predicted octanol–water partition coefficient (Wildman–Crippen LogP) is 2.12. The maximum Gasteiger partial charge on any atom is 0.407 e. The molecule has 1 amide bonds. The zero-order valence-corrected chi connectivity index (χ0v) is 15.4. The van der Waals surface area contributed by atoms with Crippen molar-refractivity contribution in [2.45, 2.75) is 24.8 Å². The second-order valence-corrected chi connectivity index (χ2v) is 6.73. The lowest BCUT2D eigenvalue weighted by atomic mass is 9.98.